The highest BCUT2D eigenvalue weighted by atomic mass is 19.4. The molecule has 0 spiro atoms. The van der Waals surface area contributed by atoms with Gasteiger partial charge in [0.2, 0.25) is 5.88 Å². The van der Waals surface area contributed by atoms with Crippen LogP contribution in [0.4, 0.5) is 27.8 Å². The van der Waals surface area contributed by atoms with Crippen LogP contribution in [0.5, 0.6) is 5.88 Å². The van der Waals surface area contributed by atoms with E-state index in [1.54, 1.807) is 0 Å². The second kappa shape index (κ2) is 4.40. The highest BCUT2D eigenvalue weighted by Gasteiger charge is 2.33. The minimum atomic E-state index is -5.04. The van der Waals surface area contributed by atoms with E-state index in [0.29, 0.717) is 6.07 Å². The van der Waals surface area contributed by atoms with Gasteiger partial charge in [-0.3, -0.25) is 0 Å². The molecule has 2 N–H and O–H groups in total. The van der Waals surface area contributed by atoms with Crippen LogP contribution in [0, 0.1) is 11.3 Å². The Hall–Kier alpha value is -2.11. The van der Waals surface area contributed by atoms with Gasteiger partial charge >= 0.3 is 6.36 Å². The van der Waals surface area contributed by atoms with Gasteiger partial charge in [-0.05, 0) is 0 Å². The van der Waals surface area contributed by atoms with Crippen LogP contribution < -0.4 is 10.5 Å². The average Bonchev–Trinajstić information content (AvgIpc) is 2.12. The zero-order valence-corrected chi connectivity index (χ0v) is 7.92. The number of rotatable bonds is 2. The molecule has 0 aliphatic carbocycles. The van der Waals surface area contributed by atoms with E-state index in [4.69, 9.17) is 11.0 Å². The van der Waals surface area contributed by atoms with Crippen LogP contribution in [-0.2, 0) is 0 Å². The molecule has 0 aliphatic rings. The molecule has 0 bridgehead atoms. The molecule has 0 saturated carbocycles. The van der Waals surface area contributed by atoms with Gasteiger partial charge in [0.05, 0.1) is 17.2 Å². The highest BCUT2D eigenvalue weighted by molar-refractivity contribution is 5.53. The van der Waals surface area contributed by atoms with E-state index in [0.717, 1.165) is 0 Å². The number of nitrogen functional groups attached to an aromatic ring is 1. The number of hydrogen-bond donors (Lipinski definition) is 1. The molecule has 17 heavy (non-hydrogen) atoms. The number of halogens is 5. The van der Waals surface area contributed by atoms with Crippen molar-refractivity contribution in [3.63, 3.8) is 0 Å². The summed E-state index contributed by atoms with van der Waals surface area (Å²) in [4.78, 5) is 2.99. The number of ether oxygens (including phenoxy) is 1. The Labute approximate surface area is 91.4 Å². The smallest absolute Gasteiger partial charge is 0.388 e. The predicted octanol–water partition coefficient (Wildman–Crippen LogP) is 2.37. The molecule has 1 heterocycles. The molecule has 0 atom stereocenters. The Morgan fingerprint density at radius 3 is 2.41 bits per heavy atom. The Morgan fingerprint density at radius 1 is 1.41 bits per heavy atom. The summed E-state index contributed by atoms with van der Waals surface area (Å²) < 4.78 is 63.7. The highest BCUT2D eigenvalue weighted by Crippen LogP contribution is 2.31. The molecular formula is C8H4F5N3O. The predicted molar refractivity (Wildman–Crippen MR) is 45.0 cm³/mol. The summed E-state index contributed by atoms with van der Waals surface area (Å²) in [7, 11) is 0. The van der Waals surface area contributed by atoms with Crippen LogP contribution in [0.1, 0.15) is 17.6 Å². The Bertz CT molecular complexity index is 465. The summed E-state index contributed by atoms with van der Waals surface area (Å²) in [6.07, 6.45) is -8.16. The van der Waals surface area contributed by atoms with Gasteiger partial charge in [-0.15, -0.1) is 13.2 Å². The number of nitriles is 1. The lowest BCUT2D eigenvalue weighted by molar-refractivity contribution is -0.276. The van der Waals surface area contributed by atoms with Crippen molar-refractivity contribution in [1.29, 1.82) is 5.26 Å². The third kappa shape index (κ3) is 3.17. The van der Waals surface area contributed by atoms with Crippen molar-refractivity contribution in [3.05, 3.63) is 17.2 Å². The summed E-state index contributed by atoms with van der Waals surface area (Å²) in [6, 6.07) is 1.75. The summed E-state index contributed by atoms with van der Waals surface area (Å²) in [5.74, 6) is -1.94. The first kappa shape index (κ1) is 13.0. The largest absolute Gasteiger partial charge is 0.574 e. The van der Waals surface area contributed by atoms with Crippen molar-refractivity contribution >= 4 is 5.82 Å². The number of nitrogens with zero attached hydrogens (tertiary/aromatic N) is 2. The summed E-state index contributed by atoms with van der Waals surface area (Å²) in [6.45, 7) is 0. The average molecular weight is 253 g/mol. The molecule has 0 radical (unpaired) electrons. The van der Waals surface area contributed by atoms with Gasteiger partial charge in [-0.1, -0.05) is 0 Å². The third-order valence-electron chi connectivity index (χ3n) is 1.62. The minimum absolute atomic E-state index is 0.450. The topological polar surface area (TPSA) is 71.9 Å². The summed E-state index contributed by atoms with van der Waals surface area (Å²) in [5.41, 5.74) is 3.40. The second-order valence-corrected chi connectivity index (χ2v) is 2.77. The van der Waals surface area contributed by atoms with Crippen molar-refractivity contribution in [2.75, 3.05) is 5.73 Å². The van der Waals surface area contributed by atoms with Crippen LogP contribution in [0.3, 0.4) is 0 Å². The molecule has 0 amide bonds. The zero-order chi connectivity index (χ0) is 13.2. The first-order chi connectivity index (χ1) is 7.74. The van der Waals surface area contributed by atoms with Gasteiger partial charge in [0, 0.05) is 6.07 Å². The fraction of sp³-hybridized carbons (Fsp3) is 0.250. The van der Waals surface area contributed by atoms with Crippen LogP contribution >= 0.6 is 0 Å². The molecule has 0 aliphatic heterocycles. The number of anilines is 1. The van der Waals surface area contributed by atoms with Gasteiger partial charge < -0.3 is 10.5 Å². The number of aromatic nitrogens is 1. The normalized spacial score (nSPS) is 11.4. The first-order valence-electron chi connectivity index (χ1n) is 3.99. The first-order valence-corrected chi connectivity index (χ1v) is 3.99. The second-order valence-electron chi connectivity index (χ2n) is 2.77. The van der Waals surface area contributed by atoms with Crippen molar-refractivity contribution in [2.24, 2.45) is 0 Å². The monoisotopic (exact) mass is 253 g/mol. The Kier molecular flexibility index (Phi) is 3.36. The van der Waals surface area contributed by atoms with Crippen molar-refractivity contribution in [2.45, 2.75) is 12.8 Å². The fourth-order valence-corrected chi connectivity index (χ4v) is 1.04. The Morgan fingerprint density at radius 2 is 2.00 bits per heavy atom. The molecule has 1 aromatic heterocycles. The van der Waals surface area contributed by atoms with E-state index in [2.05, 4.69) is 9.72 Å². The Balaban J connectivity index is 3.24. The minimum Gasteiger partial charge on any atom is -0.388 e. The fourth-order valence-electron chi connectivity index (χ4n) is 1.04. The van der Waals surface area contributed by atoms with Gasteiger partial charge in [0.15, 0.2) is 0 Å². The van der Waals surface area contributed by atoms with E-state index in [1.807, 2.05) is 0 Å². The maximum atomic E-state index is 12.4. The number of alkyl halides is 5. The number of pyridine rings is 1. The van der Waals surface area contributed by atoms with Crippen molar-refractivity contribution in [3.8, 4) is 11.9 Å². The lowest BCUT2D eigenvalue weighted by Crippen LogP contribution is -2.18. The van der Waals surface area contributed by atoms with E-state index < -0.39 is 35.6 Å². The lowest BCUT2D eigenvalue weighted by atomic mass is 10.1. The molecule has 4 nitrogen and oxygen atoms in total. The molecule has 9 heteroatoms. The molecule has 1 rings (SSSR count). The van der Waals surface area contributed by atoms with Gasteiger partial charge in [-0.2, -0.15) is 10.2 Å². The van der Waals surface area contributed by atoms with Gasteiger partial charge in [0.25, 0.3) is 6.43 Å². The molecule has 1 aromatic rings. The van der Waals surface area contributed by atoms with Crippen LogP contribution in [0.25, 0.3) is 0 Å². The molecular weight excluding hydrogens is 249 g/mol. The maximum Gasteiger partial charge on any atom is 0.574 e. The van der Waals surface area contributed by atoms with Crippen LogP contribution in [0.2, 0.25) is 0 Å². The standard InChI is InChI=1S/C8H4F5N3O/c9-6(10)5-3(2-14)1-4(16-7(5)15)17-8(11,12)13/h1,6H,(H2,15,16). The maximum absolute atomic E-state index is 12.4. The lowest BCUT2D eigenvalue weighted by Gasteiger charge is -2.11. The van der Waals surface area contributed by atoms with Crippen LogP contribution in [0.15, 0.2) is 6.07 Å². The van der Waals surface area contributed by atoms with Gasteiger partial charge in [-0.25, -0.2) is 8.78 Å². The van der Waals surface area contributed by atoms with Gasteiger partial charge in [0.1, 0.15) is 5.82 Å². The quantitative estimate of drug-likeness (QED) is 0.821. The van der Waals surface area contributed by atoms with E-state index in [-0.39, 0.29) is 0 Å². The van der Waals surface area contributed by atoms with Crippen LogP contribution in [-0.4, -0.2) is 11.3 Å². The van der Waals surface area contributed by atoms with Crippen molar-refractivity contribution in [1.82, 2.24) is 4.98 Å². The SMILES string of the molecule is N#Cc1cc(OC(F)(F)F)nc(N)c1C(F)F. The van der Waals surface area contributed by atoms with E-state index in [9.17, 15) is 22.0 Å². The van der Waals surface area contributed by atoms with E-state index in [1.165, 1.54) is 6.07 Å². The summed E-state index contributed by atoms with van der Waals surface area (Å²) in [5, 5.41) is 8.51. The molecule has 0 saturated heterocycles. The summed E-state index contributed by atoms with van der Waals surface area (Å²) >= 11 is 0. The van der Waals surface area contributed by atoms with Crippen molar-refractivity contribution < 1.29 is 26.7 Å². The zero-order valence-electron chi connectivity index (χ0n) is 7.92. The molecule has 92 valence electrons. The number of nitrogens with two attached hydrogens (primary N) is 1. The number of hydrogen-bond acceptors (Lipinski definition) is 4. The molecule has 0 aromatic carbocycles. The molecule has 0 fully saturated rings. The third-order valence-corrected chi connectivity index (χ3v) is 1.62. The van der Waals surface area contributed by atoms with E-state index >= 15 is 0 Å². The molecule has 0 unspecified atom stereocenters.